The predicted octanol–water partition coefficient (Wildman–Crippen LogP) is 6.18. The lowest BCUT2D eigenvalue weighted by atomic mass is 10.0. The molecule has 5 nitrogen and oxygen atoms in total. The third-order valence-electron chi connectivity index (χ3n) is 5.10. The van der Waals surface area contributed by atoms with E-state index >= 15 is 0 Å². The Balaban J connectivity index is 1.22. The molecule has 31 heavy (non-hydrogen) atoms. The second-order valence-electron chi connectivity index (χ2n) is 7.29. The van der Waals surface area contributed by atoms with Gasteiger partial charge in [-0.15, -0.1) is 10.2 Å². The SMILES string of the molecule is Clc1cccc(-c2ccc(-c3nnc(CCCc4ccc5cccnc5n4)o3)cc2)c1. The Morgan fingerprint density at radius 2 is 1.65 bits per heavy atom. The molecule has 2 aromatic carbocycles. The quantitative estimate of drug-likeness (QED) is 0.324. The van der Waals surface area contributed by atoms with Gasteiger partial charge >= 0.3 is 0 Å². The van der Waals surface area contributed by atoms with Gasteiger partial charge in [0.25, 0.3) is 0 Å². The van der Waals surface area contributed by atoms with E-state index in [2.05, 4.69) is 26.2 Å². The van der Waals surface area contributed by atoms with Crippen molar-refractivity contribution in [3.63, 3.8) is 0 Å². The van der Waals surface area contributed by atoms with Crippen molar-refractivity contribution < 1.29 is 4.42 Å². The first-order valence-corrected chi connectivity index (χ1v) is 10.5. The summed E-state index contributed by atoms with van der Waals surface area (Å²) in [5, 5.41) is 10.2. The summed E-state index contributed by atoms with van der Waals surface area (Å²) in [5.41, 5.74) is 4.85. The molecular formula is C25H19ClN4O. The number of hydrogen-bond acceptors (Lipinski definition) is 5. The molecule has 6 heteroatoms. The summed E-state index contributed by atoms with van der Waals surface area (Å²) in [7, 11) is 0. The maximum Gasteiger partial charge on any atom is 0.247 e. The number of aromatic nitrogens is 4. The molecule has 0 radical (unpaired) electrons. The zero-order chi connectivity index (χ0) is 21.0. The first-order chi connectivity index (χ1) is 15.2. The predicted molar refractivity (Wildman–Crippen MR) is 122 cm³/mol. The summed E-state index contributed by atoms with van der Waals surface area (Å²) in [5.74, 6) is 1.16. The number of halogens is 1. The highest BCUT2D eigenvalue weighted by Gasteiger charge is 2.09. The van der Waals surface area contributed by atoms with Gasteiger partial charge in [-0.2, -0.15) is 0 Å². The molecule has 0 spiro atoms. The van der Waals surface area contributed by atoms with Crippen molar-refractivity contribution >= 4 is 22.6 Å². The number of pyridine rings is 2. The average Bonchev–Trinajstić information content (AvgIpc) is 3.28. The Labute approximate surface area is 184 Å². The monoisotopic (exact) mass is 426 g/mol. The Morgan fingerprint density at radius 1 is 0.774 bits per heavy atom. The summed E-state index contributed by atoms with van der Waals surface area (Å²) >= 11 is 6.09. The van der Waals surface area contributed by atoms with E-state index in [1.54, 1.807) is 6.20 Å². The van der Waals surface area contributed by atoms with Crippen molar-refractivity contribution in [3.8, 4) is 22.6 Å². The first-order valence-electron chi connectivity index (χ1n) is 10.1. The molecule has 5 rings (SSSR count). The molecule has 0 atom stereocenters. The van der Waals surface area contributed by atoms with Crippen LogP contribution in [0.1, 0.15) is 18.0 Å². The van der Waals surface area contributed by atoms with E-state index in [0.29, 0.717) is 18.2 Å². The van der Waals surface area contributed by atoms with Crippen molar-refractivity contribution in [2.75, 3.05) is 0 Å². The molecule has 3 aromatic heterocycles. The fourth-order valence-electron chi connectivity index (χ4n) is 3.50. The average molecular weight is 427 g/mol. The third-order valence-corrected chi connectivity index (χ3v) is 5.34. The second-order valence-corrected chi connectivity index (χ2v) is 7.73. The lowest BCUT2D eigenvalue weighted by molar-refractivity contribution is 0.497. The van der Waals surface area contributed by atoms with Gasteiger partial charge in [0.2, 0.25) is 11.8 Å². The van der Waals surface area contributed by atoms with Gasteiger partial charge in [0.1, 0.15) is 0 Å². The zero-order valence-corrected chi connectivity index (χ0v) is 17.5. The highest BCUT2D eigenvalue weighted by molar-refractivity contribution is 6.30. The number of rotatable bonds is 6. The maximum atomic E-state index is 6.09. The van der Waals surface area contributed by atoms with Gasteiger partial charge in [0, 0.05) is 34.3 Å². The van der Waals surface area contributed by atoms with Crippen molar-refractivity contribution in [1.82, 2.24) is 20.2 Å². The van der Waals surface area contributed by atoms with E-state index in [1.807, 2.05) is 66.7 Å². The summed E-state index contributed by atoms with van der Waals surface area (Å²) in [6.45, 7) is 0. The second kappa shape index (κ2) is 8.66. The van der Waals surface area contributed by atoms with Crippen molar-refractivity contribution in [1.29, 1.82) is 0 Å². The number of benzene rings is 2. The van der Waals surface area contributed by atoms with Gasteiger partial charge in [0.15, 0.2) is 5.65 Å². The highest BCUT2D eigenvalue weighted by Crippen LogP contribution is 2.26. The molecule has 0 saturated carbocycles. The van der Waals surface area contributed by atoms with Crippen LogP contribution in [0.15, 0.2) is 83.4 Å². The minimum absolute atomic E-state index is 0.528. The molecule has 0 aliphatic carbocycles. The number of fused-ring (bicyclic) bond motifs is 1. The van der Waals surface area contributed by atoms with E-state index in [4.69, 9.17) is 16.0 Å². The van der Waals surface area contributed by atoms with Crippen LogP contribution >= 0.6 is 11.6 Å². The van der Waals surface area contributed by atoms with Gasteiger partial charge in [0.05, 0.1) is 0 Å². The smallest absolute Gasteiger partial charge is 0.247 e. The lowest BCUT2D eigenvalue weighted by Crippen LogP contribution is -1.94. The van der Waals surface area contributed by atoms with Crippen LogP contribution in [0.25, 0.3) is 33.6 Å². The molecule has 0 aliphatic rings. The third kappa shape index (κ3) is 4.47. The van der Waals surface area contributed by atoms with Crippen LogP contribution in [0, 0.1) is 0 Å². The Kier molecular flexibility index (Phi) is 5.42. The summed E-state index contributed by atoms with van der Waals surface area (Å²) < 4.78 is 5.87. The largest absolute Gasteiger partial charge is 0.421 e. The minimum atomic E-state index is 0.528. The molecule has 0 unspecified atom stereocenters. The molecule has 0 aliphatic heterocycles. The molecule has 0 amide bonds. The standard InChI is InChI=1S/C25H19ClN4O/c26-21-6-1-4-20(16-21)17-9-11-19(12-10-17)25-30-29-23(31-25)8-2-7-22-14-13-18-5-3-15-27-24(18)28-22/h1,3-6,9-16H,2,7-8H2. The molecule has 0 bridgehead atoms. The van der Waals surface area contributed by atoms with Crippen LogP contribution in [0.5, 0.6) is 0 Å². The van der Waals surface area contributed by atoms with Gasteiger partial charge in [-0.25, -0.2) is 9.97 Å². The Bertz CT molecular complexity index is 1330. The van der Waals surface area contributed by atoms with Crippen LogP contribution in [0.2, 0.25) is 5.02 Å². The lowest BCUT2D eigenvalue weighted by Gasteiger charge is -2.03. The van der Waals surface area contributed by atoms with Crippen LogP contribution in [0.4, 0.5) is 0 Å². The van der Waals surface area contributed by atoms with Gasteiger partial charge in [-0.3, -0.25) is 0 Å². The maximum absolute atomic E-state index is 6.09. The Morgan fingerprint density at radius 3 is 2.52 bits per heavy atom. The van der Waals surface area contributed by atoms with E-state index < -0.39 is 0 Å². The minimum Gasteiger partial charge on any atom is -0.421 e. The molecule has 0 fully saturated rings. The topological polar surface area (TPSA) is 64.7 Å². The number of aryl methyl sites for hydroxylation is 2. The molecule has 0 N–H and O–H groups in total. The van der Waals surface area contributed by atoms with Gasteiger partial charge in [-0.05, 0) is 72.5 Å². The van der Waals surface area contributed by atoms with Crippen molar-refractivity contribution in [2.45, 2.75) is 19.3 Å². The van der Waals surface area contributed by atoms with E-state index in [1.165, 1.54) is 0 Å². The highest BCUT2D eigenvalue weighted by atomic mass is 35.5. The molecule has 3 heterocycles. The molecular weight excluding hydrogens is 408 g/mol. The fourth-order valence-corrected chi connectivity index (χ4v) is 3.69. The zero-order valence-electron chi connectivity index (χ0n) is 16.7. The van der Waals surface area contributed by atoms with E-state index in [0.717, 1.165) is 51.3 Å². The van der Waals surface area contributed by atoms with E-state index in [9.17, 15) is 0 Å². The summed E-state index contributed by atoms with van der Waals surface area (Å²) in [6.07, 6.45) is 4.18. The molecule has 0 saturated heterocycles. The van der Waals surface area contributed by atoms with E-state index in [-0.39, 0.29) is 0 Å². The molecule has 5 aromatic rings. The van der Waals surface area contributed by atoms with Crippen molar-refractivity contribution in [3.05, 3.63) is 95.6 Å². The first kappa shape index (κ1) is 19.4. The van der Waals surface area contributed by atoms with Crippen molar-refractivity contribution in [2.24, 2.45) is 0 Å². The fraction of sp³-hybridized carbons (Fsp3) is 0.120. The normalized spacial score (nSPS) is 11.1. The summed E-state index contributed by atoms with van der Waals surface area (Å²) in [4.78, 5) is 8.93. The van der Waals surface area contributed by atoms with Crippen LogP contribution in [-0.2, 0) is 12.8 Å². The van der Waals surface area contributed by atoms with Crippen LogP contribution < -0.4 is 0 Å². The summed E-state index contributed by atoms with van der Waals surface area (Å²) in [6, 6.07) is 23.9. The Hall–Kier alpha value is -3.57. The van der Waals surface area contributed by atoms with Gasteiger partial charge < -0.3 is 4.42 Å². The molecule has 152 valence electrons. The van der Waals surface area contributed by atoms with Crippen LogP contribution in [-0.4, -0.2) is 20.2 Å². The van der Waals surface area contributed by atoms with Gasteiger partial charge in [-0.1, -0.05) is 35.9 Å². The number of nitrogens with zero attached hydrogens (tertiary/aromatic N) is 4. The van der Waals surface area contributed by atoms with Crippen LogP contribution in [0.3, 0.4) is 0 Å². The number of hydrogen-bond donors (Lipinski definition) is 0.